The number of esters is 2. The number of hydrogen-bond donors (Lipinski definition) is 1. The maximum atomic E-state index is 12.6. The molecule has 6 nitrogen and oxygen atoms in total. The van der Waals surface area contributed by atoms with E-state index in [2.05, 4.69) is 96.1 Å². The van der Waals surface area contributed by atoms with Crippen LogP contribution in [0.3, 0.4) is 0 Å². The van der Waals surface area contributed by atoms with Gasteiger partial charge in [0.15, 0.2) is 0 Å². The second kappa shape index (κ2) is 20.9. The first-order chi connectivity index (χ1) is 21.6. The van der Waals surface area contributed by atoms with E-state index in [1.807, 2.05) is 27.7 Å². The van der Waals surface area contributed by atoms with Crippen LogP contribution in [-0.4, -0.2) is 96.2 Å². The fourth-order valence-electron chi connectivity index (χ4n) is 5.10. The first kappa shape index (κ1) is 41.7. The van der Waals surface area contributed by atoms with Gasteiger partial charge in [0.05, 0.1) is 12.8 Å². The normalized spacial score (nSPS) is 12.8. The summed E-state index contributed by atoms with van der Waals surface area (Å²) in [6.45, 7) is 23.5. The summed E-state index contributed by atoms with van der Waals surface area (Å²) in [5.74, 6) is 3.38. The Bertz CT molecular complexity index is 1180. The van der Waals surface area contributed by atoms with Gasteiger partial charge in [0.2, 0.25) is 0 Å². The summed E-state index contributed by atoms with van der Waals surface area (Å²) in [6, 6.07) is 8.29. The van der Waals surface area contributed by atoms with Crippen molar-refractivity contribution in [1.29, 1.82) is 0 Å². The minimum absolute atomic E-state index is 0.00815. The maximum absolute atomic E-state index is 12.6. The number of hydrogen-bond acceptors (Lipinski definition) is 9. The van der Waals surface area contributed by atoms with Crippen LogP contribution in [0, 0.1) is 10.8 Å². The van der Waals surface area contributed by atoms with Crippen LogP contribution in [0.2, 0.25) is 0 Å². The highest BCUT2D eigenvalue weighted by molar-refractivity contribution is 8.77. The molecule has 0 aliphatic rings. The molecule has 0 radical (unpaired) electrons. The van der Waals surface area contributed by atoms with Crippen LogP contribution in [0.15, 0.2) is 30.5 Å². The molecular formula is C35H59N2O4PS4. The summed E-state index contributed by atoms with van der Waals surface area (Å²) in [4.78, 5) is 30.7. The average molecular weight is 731 g/mol. The molecule has 1 aromatic carbocycles. The number of H-pyrrole nitrogens is 1. The number of carbonyl (C=O) groups is 2. The van der Waals surface area contributed by atoms with Crippen molar-refractivity contribution < 1.29 is 19.1 Å². The van der Waals surface area contributed by atoms with Crippen LogP contribution in [0.1, 0.15) is 73.3 Å². The Kier molecular flexibility index (Phi) is 18.9. The molecule has 0 saturated heterocycles. The molecule has 1 N–H and O–H groups in total. The van der Waals surface area contributed by atoms with Crippen LogP contribution in [0.4, 0.5) is 0 Å². The molecule has 0 fully saturated rings. The lowest BCUT2D eigenvalue weighted by molar-refractivity contribution is -0.143. The van der Waals surface area contributed by atoms with Crippen LogP contribution in [-0.2, 0) is 25.5 Å². The zero-order valence-electron chi connectivity index (χ0n) is 29.7. The minimum atomic E-state index is -0.185. The summed E-state index contributed by atoms with van der Waals surface area (Å²) in [5.41, 5.74) is 2.95. The van der Waals surface area contributed by atoms with Gasteiger partial charge >= 0.3 is 11.9 Å². The van der Waals surface area contributed by atoms with Gasteiger partial charge in [0.1, 0.15) is 13.2 Å². The standard InChI is InChI=1S/C35H59N2O4PS4/c1-33(2,3)25-34(4,5)26-45-43-22-20-40-31(38)15-18-37(17-14-28-24-36-30-13-11-10-12-29(28)30)19-16-32(39)41-21-23-44-46-27-35(6,7)42(8)9/h10-13,24,36H,14-23,25-27H2,1-9H3. The van der Waals surface area contributed by atoms with E-state index in [0.717, 1.165) is 41.5 Å². The van der Waals surface area contributed by atoms with Crippen molar-refractivity contribution in [2.45, 2.75) is 79.3 Å². The van der Waals surface area contributed by atoms with Crippen molar-refractivity contribution >= 4 is 73.9 Å². The molecule has 0 saturated carbocycles. The number of aromatic amines is 1. The second-order valence-electron chi connectivity index (χ2n) is 14.7. The van der Waals surface area contributed by atoms with E-state index in [0.29, 0.717) is 49.7 Å². The molecule has 2 rings (SSSR count). The number of carbonyl (C=O) groups excluding carboxylic acids is 2. The summed E-state index contributed by atoms with van der Waals surface area (Å²) in [5, 5.41) is 1.57. The summed E-state index contributed by atoms with van der Waals surface area (Å²) >= 11 is 0. The molecule has 1 heterocycles. The summed E-state index contributed by atoms with van der Waals surface area (Å²) < 4.78 is 11.1. The van der Waals surface area contributed by atoms with Gasteiger partial charge in [0.25, 0.3) is 0 Å². The Morgan fingerprint density at radius 2 is 1.37 bits per heavy atom. The highest BCUT2D eigenvalue weighted by Crippen LogP contribution is 2.46. The molecule has 0 unspecified atom stereocenters. The molecule has 262 valence electrons. The maximum Gasteiger partial charge on any atom is 0.307 e. The number of fused-ring (bicyclic) bond motifs is 1. The number of aromatic nitrogens is 1. The summed E-state index contributed by atoms with van der Waals surface area (Å²) in [6.07, 6.45) is 4.68. The number of nitrogens with zero attached hydrogens (tertiary/aromatic N) is 1. The Morgan fingerprint density at radius 1 is 0.804 bits per heavy atom. The number of para-hydroxylation sites is 1. The highest BCUT2D eigenvalue weighted by Gasteiger charge is 2.25. The SMILES string of the molecule is CP(C)C(C)(C)CSSCCOC(=O)CCN(CCC(=O)OCCSSCC(C)(C)CC(C)(C)C)CCc1c[nH]c2ccccc12. The largest absolute Gasteiger partial charge is 0.465 e. The van der Waals surface area contributed by atoms with Crippen molar-refractivity contribution in [3.8, 4) is 0 Å². The zero-order valence-corrected chi connectivity index (χ0v) is 33.9. The fraction of sp³-hybridized carbons (Fsp3) is 0.714. The lowest BCUT2D eigenvalue weighted by atomic mass is 9.77. The molecule has 0 aliphatic carbocycles. The minimum Gasteiger partial charge on any atom is -0.465 e. The molecular weight excluding hydrogens is 672 g/mol. The molecule has 0 bridgehead atoms. The van der Waals surface area contributed by atoms with Crippen LogP contribution in [0.25, 0.3) is 10.9 Å². The molecule has 0 atom stereocenters. The van der Waals surface area contributed by atoms with E-state index in [1.54, 1.807) is 21.6 Å². The van der Waals surface area contributed by atoms with E-state index < -0.39 is 0 Å². The molecule has 0 spiro atoms. The lowest BCUT2D eigenvalue weighted by Crippen LogP contribution is -2.31. The topological polar surface area (TPSA) is 71.6 Å². The second-order valence-corrected chi connectivity index (χ2v) is 22.8. The number of ether oxygens (including phenoxy) is 2. The third kappa shape index (κ3) is 17.8. The molecule has 1 aromatic heterocycles. The molecule has 11 heteroatoms. The van der Waals surface area contributed by atoms with Crippen LogP contribution >= 0.6 is 51.1 Å². The predicted octanol–water partition coefficient (Wildman–Crippen LogP) is 9.62. The van der Waals surface area contributed by atoms with E-state index in [4.69, 9.17) is 9.47 Å². The number of nitrogens with one attached hydrogen (secondary N) is 1. The Morgan fingerprint density at radius 3 is 1.93 bits per heavy atom. The van der Waals surface area contributed by atoms with Crippen LogP contribution in [0.5, 0.6) is 0 Å². The molecule has 0 amide bonds. The monoisotopic (exact) mass is 730 g/mol. The van der Waals surface area contributed by atoms with Crippen molar-refractivity contribution in [3.05, 3.63) is 36.0 Å². The Labute approximate surface area is 296 Å². The van der Waals surface area contributed by atoms with Gasteiger partial charge in [-0.05, 0) is 53.8 Å². The van der Waals surface area contributed by atoms with Gasteiger partial charge < -0.3 is 19.4 Å². The van der Waals surface area contributed by atoms with Crippen molar-refractivity contribution in [3.63, 3.8) is 0 Å². The Balaban J connectivity index is 1.75. The predicted molar refractivity (Wildman–Crippen MR) is 210 cm³/mol. The van der Waals surface area contributed by atoms with Crippen molar-refractivity contribution in [1.82, 2.24) is 9.88 Å². The first-order valence-corrected chi connectivity index (χ1v) is 23.5. The number of benzene rings is 1. The van der Waals surface area contributed by atoms with Gasteiger partial charge in [0, 0.05) is 59.7 Å². The van der Waals surface area contributed by atoms with E-state index in [9.17, 15) is 9.59 Å². The van der Waals surface area contributed by atoms with Crippen molar-refractivity contribution in [2.75, 3.05) is 69.2 Å². The number of rotatable bonds is 23. The smallest absolute Gasteiger partial charge is 0.307 e. The fourth-order valence-corrected chi connectivity index (χ4v) is 11.5. The molecule has 2 aromatic rings. The van der Waals surface area contributed by atoms with Gasteiger partial charge in [-0.15, -0.1) is 7.92 Å². The Hall–Kier alpha value is -0.510. The van der Waals surface area contributed by atoms with E-state index in [-0.39, 0.29) is 25.3 Å². The first-order valence-electron chi connectivity index (χ1n) is 16.3. The quantitative estimate of drug-likeness (QED) is 0.0521. The van der Waals surface area contributed by atoms with Gasteiger partial charge in [-0.3, -0.25) is 9.59 Å². The van der Waals surface area contributed by atoms with E-state index >= 15 is 0 Å². The van der Waals surface area contributed by atoms with E-state index in [1.165, 1.54) is 17.4 Å². The third-order valence-electron chi connectivity index (χ3n) is 7.74. The average Bonchev–Trinajstić information content (AvgIpc) is 3.38. The lowest BCUT2D eigenvalue weighted by Gasteiger charge is -2.31. The molecule has 0 aliphatic heterocycles. The highest BCUT2D eigenvalue weighted by atomic mass is 33.1. The van der Waals surface area contributed by atoms with Gasteiger partial charge in [-0.1, -0.05) is 110 Å². The third-order valence-corrected chi connectivity index (χ3v) is 16.0. The van der Waals surface area contributed by atoms with Crippen molar-refractivity contribution in [2.24, 2.45) is 10.8 Å². The zero-order chi connectivity index (χ0) is 34.2. The van der Waals surface area contributed by atoms with Gasteiger partial charge in [-0.2, -0.15) is 0 Å². The summed E-state index contributed by atoms with van der Waals surface area (Å²) in [7, 11) is 7.30. The van der Waals surface area contributed by atoms with Crippen LogP contribution < -0.4 is 0 Å². The molecule has 46 heavy (non-hydrogen) atoms. The van der Waals surface area contributed by atoms with Gasteiger partial charge in [-0.25, -0.2) is 0 Å².